The van der Waals surface area contributed by atoms with Crippen LogP contribution >= 0.6 is 0 Å². The molecule has 0 aliphatic carbocycles. The standard InChI is InChI=1S/C21H23N3O/c1-3-16-8-4-7-15(2)20(16)23-14-12-19(25)24-18-11-5-9-17-10-6-13-22-21(17)18/h4-11,13,23H,3,12,14H2,1-2H3,(H,24,25). The van der Waals surface area contributed by atoms with E-state index in [1.165, 1.54) is 11.1 Å². The number of anilines is 2. The van der Waals surface area contributed by atoms with Gasteiger partial charge in [0.05, 0.1) is 11.2 Å². The van der Waals surface area contributed by atoms with Crippen LogP contribution in [0.1, 0.15) is 24.5 Å². The first-order chi connectivity index (χ1) is 12.2. The van der Waals surface area contributed by atoms with Gasteiger partial charge in [0.15, 0.2) is 0 Å². The van der Waals surface area contributed by atoms with Crippen molar-refractivity contribution in [1.82, 2.24) is 4.98 Å². The first-order valence-electron chi connectivity index (χ1n) is 8.65. The SMILES string of the molecule is CCc1cccc(C)c1NCCC(=O)Nc1cccc2cccnc12. The van der Waals surface area contributed by atoms with E-state index in [1.54, 1.807) is 6.20 Å². The van der Waals surface area contributed by atoms with Gasteiger partial charge in [0, 0.05) is 30.2 Å². The highest BCUT2D eigenvalue weighted by atomic mass is 16.1. The van der Waals surface area contributed by atoms with Crippen LogP contribution in [0.5, 0.6) is 0 Å². The highest BCUT2D eigenvalue weighted by Gasteiger charge is 2.08. The predicted molar refractivity (Wildman–Crippen MR) is 104 cm³/mol. The molecule has 2 N–H and O–H groups in total. The van der Waals surface area contributed by atoms with Crippen LogP contribution in [-0.2, 0) is 11.2 Å². The molecule has 4 nitrogen and oxygen atoms in total. The maximum absolute atomic E-state index is 12.3. The van der Waals surface area contributed by atoms with Gasteiger partial charge in [-0.25, -0.2) is 0 Å². The number of aromatic nitrogens is 1. The van der Waals surface area contributed by atoms with Crippen LogP contribution in [0.2, 0.25) is 0 Å². The van der Waals surface area contributed by atoms with Crippen molar-refractivity contribution in [2.45, 2.75) is 26.7 Å². The number of pyridine rings is 1. The lowest BCUT2D eigenvalue weighted by molar-refractivity contribution is -0.115. The largest absolute Gasteiger partial charge is 0.384 e. The van der Waals surface area contributed by atoms with Gasteiger partial charge >= 0.3 is 0 Å². The van der Waals surface area contributed by atoms with Crippen LogP contribution in [0.25, 0.3) is 10.9 Å². The molecule has 3 rings (SSSR count). The summed E-state index contributed by atoms with van der Waals surface area (Å²) in [6.45, 7) is 4.82. The van der Waals surface area contributed by atoms with E-state index < -0.39 is 0 Å². The monoisotopic (exact) mass is 333 g/mol. The highest BCUT2D eigenvalue weighted by molar-refractivity contribution is 6.00. The third-order valence-electron chi connectivity index (χ3n) is 4.30. The molecular formula is C21H23N3O. The number of hydrogen-bond donors (Lipinski definition) is 2. The quantitative estimate of drug-likeness (QED) is 0.696. The van der Waals surface area contributed by atoms with Crippen molar-refractivity contribution in [3.8, 4) is 0 Å². The summed E-state index contributed by atoms with van der Waals surface area (Å²) in [4.78, 5) is 16.7. The number of nitrogens with zero attached hydrogens (tertiary/aromatic N) is 1. The summed E-state index contributed by atoms with van der Waals surface area (Å²) in [5, 5.41) is 7.40. The molecule has 0 radical (unpaired) electrons. The Morgan fingerprint density at radius 3 is 2.72 bits per heavy atom. The Morgan fingerprint density at radius 1 is 1.08 bits per heavy atom. The molecule has 1 heterocycles. The molecule has 0 bridgehead atoms. The molecule has 1 amide bonds. The van der Waals surface area contributed by atoms with Crippen LogP contribution in [0.3, 0.4) is 0 Å². The Morgan fingerprint density at radius 2 is 1.88 bits per heavy atom. The zero-order chi connectivity index (χ0) is 17.6. The lowest BCUT2D eigenvalue weighted by atomic mass is 10.1. The third kappa shape index (κ3) is 3.97. The molecular weight excluding hydrogens is 310 g/mol. The number of rotatable bonds is 6. The van der Waals surface area contributed by atoms with Crippen molar-refractivity contribution in [1.29, 1.82) is 0 Å². The van der Waals surface area contributed by atoms with E-state index in [9.17, 15) is 4.79 Å². The number of benzene rings is 2. The number of carbonyl (C=O) groups is 1. The second-order valence-corrected chi connectivity index (χ2v) is 6.07. The molecule has 128 valence electrons. The zero-order valence-electron chi connectivity index (χ0n) is 14.7. The van der Waals surface area contributed by atoms with Crippen molar-refractivity contribution in [3.05, 3.63) is 65.9 Å². The zero-order valence-corrected chi connectivity index (χ0v) is 14.7. The van der Waals surface area contributed by atoms with E-state index in [0.29, 0.717) is 13.0 Å². The number of fused-ring (bicyclic) bond motifs is 1. The topological polar surface area (TPSA) is 54.0 Å². The lowest BCUT2D eigenvalue weighted by Gasteiger charge is -2.14. The van der Waals surface area contributed by atoms with Gasteiger partial charge in [-0.1, -0.05) is 43.3 Å². The first kappa shape index (κ1) is 17.0. The fourth-order valence-corrected chi connectivity index (χ4v) is 2.99. The third-order valence-corrected chi connectivity index (χ3v) is 4.30. The summed E-state index contributed by atoms with van der Waals surface area (Å²) in [5.41, 5.74) is 5.20. The molecule has 0 aliphatic heterocycles. The van der Waals surface area contributed by atoms with E-state index in [1.807, 2.05) is 30.3 Å². The Labute approximate surface area is 148 Å². The normalized spacial score (nSPS) is 10.6. The number of aryl methyl sites for hydroxylation is 2. The first-order valence-corrected chi connectivity index (χ1v) is 8.65. The number of hydrogen-bond acceptors (Lipinski definition) is 3. The van der Waals surface area contributed by atoms with Gasteiger partial charge in [-0.15, -0.1) is 0 Å². The molecule has 0 fully saturated rings. The summed E-state index contributed by atoms with van der Waals surface area (Å²) in [7, 11) is 0. The Balaban J connectivity index is 1.62. The molecule has 4 heteroatoms. The minimum absolute atomic E-state index is 0.0164. The van der Waals surface area contributed by atoms with Crippen LogP contribution in [-0.4, -0.2) is 17.4 Å². The van der Waals surface area contributed by atoms with Crippen molar-refractivity contribution in [2.24, 2.45) is 0 Å². The molecule has 25 heavy (non-hydrogen) atoms. The predicted octanol–water partition coefficient (Wildman–Crippen LogP) is 4.55. The van der Waals surface area contributed by atoms with E-state index in [-0.39, 0.29) is 5.91 Å². The average molecular weight is 333 g/mol. The van der Waals surface area contributed by atoms with Gasteiger partial charge in [0.25, 0.3) is 0 Å². The molecule has 0 saturated heterocycles. The Bertz CT molecular complexity index is 884. The van der Waals surface area contributed by atoms with Gasteiger partial charge < -0.3 is 10.6 Å². The number of para-hydroxylation sites is 2. The summed E-state index contributed by atoms with van der Waals surface area (Å²) in [6.07, 6.45) is 3.11. The molecule has 2 aromatic carbocycles. The smallest absolute Gasteiger partial charge is 0.226 e. The van der Waals surface area contributed by atoms with Gasteiger partial charge in [-0.3, -0.25) is 9.78 Å². The minimum Gasteiger partial charge on any atom is -0.384 e. The maximum Gasteiger partial charge on any atom is 0.226 e. The van der Waals surface area contributed by atoms with Gasteiger partial charge in [0.2, 0.25) is 5.91 Å². The summed E-state index contributed by atoms with van der Waals surface area (Å²) in [5.74, 6) is -0.0164. The maximum atomic E-state index is 12.3. The van der Waals surface area contributed by atoms with E-state index in [4.69, 9.17) is 0 Å². The van der Waals surface area contributed by atoms with Crippen LogP contribution in [0, 0.1) is 6.92 Å². The Kier molecular flexibility index (Phi) is 5.29. The van der Waals surface area contributed by atoms with E-state index in [2.05, 4.69) is 47.7 Å². The molecule has 0 aliphatic rings. The number of carbonyl (C=O) groups excluding carboxylic acids is 1. The van der Waals surface area contributed by atoms with Gasteiger partial charge in [-0.2, -0.15) is 0 Å². The van der Waals surface area contributed by atoms with E-state index >= 15 is 0 Å². The number of amides is 1. The van der Waals surface area contributed by atoms with Crippen molar-refractivity contribution in [3.63, 3.8) is 0 Å². The van der Waals surface area contributed by atoms with E-state index in [0.717, 1.165) is 28.7 Å². The van der Waals surface area contributed by atoms with Crippen LogP contribution < -0.4 is 10.6 Å². The van der Waals surface area contributed by atoms with Crippen molar-refractivity contribution in [2.75, 3.05) is 17.2 Å². The summed E-state index contributed by atoms with van der Waals surface area (Å²) < 4.78 is 0. The molecule has 0 atom stereocenters. The summed E-state index contributed by atoms with van der Waals surface area (Å²) >= 11 is 0. The molecule has 0 spiro atoms. The lowest BCUT2D eigenvalue weighted by Crippen LogP contribution is -2.17. The van der Waals surface area contributed by atoms with Crippen molar-refractivity contribution < 1.29 is 4.79 Å². The fourth-order valence-electron chi connectivity index (χ4n) is 2.99. The molecule has 3 aromatic rings. The second kappa shape index (κ2) is 7.79. The minimum atomic E-state index is -0.0164. The highest BCUT2D eigenvalue weighted by Crippen LogP contribution is 2.22. The summed E-state index contributed by atoms with van der Waals surface area (Å²) in [6, 6.07) is 16.0. The molecule has 0 saturated carbocycles. The number of nitrogens with one attached hydrogen (secondary N) is 2. The van der Waals surface area contributed by atoms with Crippen LogP contribution in [0.15, 0.2) is 54.7 Å². The van der Waals surface area contributed by atoms with Gasteiger partial charge in [0.1, 0.15) is 0 Å². The van der Waals surface area contributed by atoms with Crippen LogP contribution in [0.4, 0.5) is 11.4 Å². The second-order valence-electron chi connectivity index (χ2n) is 6.07. The average Bonchev–Trinajstić information content (AvgIpc) is 2.63. The molecule has 0 unspecified atom stereocenters. The molecule has 1 aromatic heterocycles. The Hall–Kier alpha value is -2.88. The van der Waals surface area contributed by atoms with Crippen molar-refractivity contribution >= 4 is 28.2 Å². The van der Waals surface area contributed by atoms with Gasteiger partial charge in [-0.05, 0) is 36.6 Å². The fraction of sp³-hybridized carbons (Fsp3) is 0.238.